The predicted molar refractivity (Wildman–Crippen MR) is 112 cm³/mol. The number of benzene rings is 3. The Morgan fingerprint density at radius 3 is 1.57 bits per heavy atom. The standard InChI is InChI=1S/C22H24NO4P/c1-4-25-20-15-9-19(10-16-20)23-28(24,26-21-11-5-17(2)6-12-21)27-22-13-7-18(3)8-14-22/h5-16H,4H2,1-3H3,(H,23,24). The van der Waals surface area contributed by atoms with Crippen molar-refractivity contribution in [2.45, 2.75) is 20.8 Å². The van der Waals surface area contributed by atoms with Crippen molar-refractivity contribution < 1.29 is 18.3 Å². The zero-order chi connectivity index (χ0) is 20.0. The summed E-state index contributed by atoms with van der Waals surface area (Å²) in [4.78, 5) is 0. The number of anilines is 1. The van der Waals surface area contributed by atoms with Crippen LogP contribution < -0.4 is 18.9 Å². The van der Waals surface area contributed by atoms with Crippen LogP contribution in [0.1, 0.15) is 18.1 Å². The van der Waals surface area contributed by atoms with Crippen LogP contribution in [-0.4, -0.2) is 6.61 Å². The van der Waals surface area contributed by atoms with Gasteiger partial charge in [-0.25, -0.2) is 4.57 Å². The molecule has 5 nitrogen and oxygen atoms in total. The third-order valence-electron chi connectivity index (χ3n) is 3.92. The molecule has 3 aromatic carbocycles. The fraction of sp³-hybridized carbons (Fsp3) is 0.182. The molecule has 0 radical (unpaired) electrons. The van der Waals surface area contributed by atoms with Crippen LogP contribution in [0.4, 0.5) is 5.69 Å². The Balaban J connectivity index is 1.84. The van der Waals surface area contributed by atoms with Gasteiger partial charge in [-0.1, -0.05) is 35.4 Å². The maximum Gasteiger partial charge on any atom is 0.541 e. The summed E-state index contributed by atoms with van der Waals surface area (Å²) in [6.07, 6.45) is 0. The lowest BCUT2D eigenvalue weighted by molar-refractivity contribution is 0.340. The van der Waals surface area contributed by atoms with Gasteiger partial charge in [-0.05, 0) is 69.3 Å². The molecule has 0 unspecified atom stereocenters. The molecular weight excluding hydrogens is 373 g/mol. The smallest absolute Gasteiger partial charge is 0.494 e. The highest BCUT2D eigenvalue weighted by atomic mass is 31.2. The van der Waals surface area contributed by atoms with Crippen LogP contribution in [0.15, 0.2) is 72.8 Å². The lowest BCUT2D eigenvalue weighted by Crippen LogP contribution is -2.10. The first-order valence-corrected chi connectivity index (χ1v) is 10.6. The van der Waals surface area contributed by atoms with E-state index in [0.717, 1.165) is 16.9 Å². The third kappa shape index (κ3) is 5.54. The molecule has 28 heavy (non-hydrogen) atoms. The van der Waals surface area contributed by atoms with Crippen molar-refractivity contribution in [3.05, 3.63) is 83.9 Å². The lowest BCUT2D eigenvalue weighted by Gasteiger charge is -2.21. The molecule has 0 aromatic heterocycles. The van der Waals surface area contributed by atoms with Crippen LogP contribution in [0, 0.1) is 13.8 Å². The predicted octanol–water partition coefficient (Wildman–Crippen LogP) is 6.38. The van der Waals surface area contributed by atoms with Crippen molar-refractivity contribution in [1.82, 2.24) is 0 Å². The highest BCUT2D eigenvalue weighted by Gasteiger charge is 2.29. The number of aryl methyl sites for hydroxylation is 2. The van der Waals surface area contributed by atoms with Crippen LogP contribution >= 0.6 is 7.75 Å². The molecule has 0 aliphatic rings. The number of nitrogens with one attached hydrogen (secondary N) is 1. The van der Waals surface area contributed by atoms with E-state index in [0.29, 0.717) is 23.8 Å². The molecule has 3 aromatic rings. The Morgan fingerprint density at radius 1 is 0.714 bits per heavy atom. The van der Waals surface area contributed by atoms with E-state index in [4.69, 9.17) is 13.8 Å². The summed E-state index contributed by atoms with van der Waals surface area (Å²) >= 11 is 0. The molecule has 0 bridgehead atoms. The average Bonchev–Trinajstić information content (AvgIpc) is 2.67. The van der Waals surface area contributed by atoms with Crippen molar-refractivity contribution in [3.63, 3.8) is 0 Å². The van der Waals surface area contributed by atoms with Gasteiger partial charge in [0.1, 0.15) is 17.2 Å². The van der Waals surface area contributed by atoms with Crippen molar-refractivity contribution in [1.29, 1.82) is 0 Å². The Labute approximate surface area is 165 Å². The summed E-state index contributed by atoms with van der Waals surface area (Å²) < 4.78 is 30.5. The second-order valence-electron chi connectivity index (χ2n) is 6.38. The van der Waals surface area contributed by atoms with Crippen LogP contribution in [-0.2, 0) is 4.57 Å². The minimum absolute atomic E-state index is 0.458. The number of hydrogen-bond donors (Lipinski definition) is 1. The molecule has 0 aliphatic heterocycles. The van der Waals surface area contributed by atoms with Gasteiger partial charge in [0.25, 0.3) is 0 Å². The van der Waals surface area contributed by atoms with E-state index in [1.807, 2.05) is 45.0 Å². The molecule has 0 saturated heterocycles. The molecule has 146 valence electrons. The summed E-state index contributed by atoms with van der Waals surface area (Å²) in [6.45, 7) is 6.46. The SMILES string of the molecule is CCOc1ccc(NP(=O)(Oc2ccc(C)cc2)Oc2ccc(C)cc2)cc1. The van der Waals surface area contributed by atoms with Gasteiger partial charge in [-0.3, -0.25) is 5.09 Å². The molecule has 0 spiro atoms. The van der Waals surface area contributed by atoms with Gasteiger partial charge in [-0.15, -0.1) is 0 Å². The third-order valence-corrected chi connectivity index (χ3v) is 5.36. The summed E-state index contributed by atoms with van der Waals surface area (Å²) in [5.74, 6) is 1.65. The highest BCUT2D eigenvalue weighted by molar-refractivity contribution is 7.56. The molecule has 0 fully saturated rings. The van der Waals surface area contributed by atoms with Gasteiger partial charge in [0.05, 0.1) is 6.61 Å². The summed E-state index contributed by atoms with van der Waals surface area (Å²) in [6, 6.07) is 21.8. The van der Waals surface area contributed by atoms with Gasteiger partial charge in [-0.2, -0.15) is 0 Å². The van der Waals surface area contributed by atoms with Gasteiger partial charge >= 0.3 is 7.75 Å². The van der Waals surface area contributed by atoms with Crippen LogP contribution in [0.5, 0.6) is 17.2 Å². The average molecular weight is 397 g/mol. The minimum Gasteiger partial charge on any atom is -0.494 e. The summed E-state index contributed by atoms with van der Waals surface area (Å²) in [7, 11) is -3.74. The quantitative estimate of drug-likeness (QED) is 0.447. The van der Waals surface area contributed by atoms with Crippen molar-refractivity contribution >= 4 is 13.4 Å². The van der Waals surface area contributed by atoms with Crippen LogP contribution in [0.25, 0.3) is 0 Å². The molecule has 0 atom stereocenters. The Morgan fingerprint density at radius 2 is 1.14 bits per heavy atom. The van der Waals surface area contributed by atoms with Crippen molar-refractivity contribution in [2.24, 2.45) is 0 Å². The van der Waals surface area contributed by atoms with Crippen LogP contribution in [0.3, 0.4) is 0 Å². The molecule has 0 saturated carbocycles. The highest BCUT2D eigenvalue weighted by Crippen LogP contribution is 2.48. The summed E-state index contributed by atoms with van der Waals surface area (Å²) in [5, 5.41) is 2.91. The number of hydrogen-bond acceptors (Lipinski definition) is 4. The van der Waals surface area contributed by atoms with Gasteiger partial charge in [0, 0.05) is 5.69 Å². The normalized spacial score (nSPS) is 11.0. The minimum atomic E-state index is -3.74. The van der Waals surface area contributed by atoms with Gasteiger partial charge in [0.2, 0.25) is 0 Å². The van der Waals surface area contributed by atoms with E-state index in [2.05, 4.69) is 5.09 Å². The second kappa shape index (κ2) is 8.85. The number of rotatable bonds is 8. The van der Waals surface area contributed by atoms with E-state index in [1.165, 1.54) is 0 Å². The Kier molecular flexibility index (Phi) is 6.27. The van der Waals surface area contributed by atoms with E-state index < -0.39 is 7.75 Å². The fourth-order valence-corrected chi connectivity index (χ4v) is 3.88. The molecular formula is C22H24NO4P. The van der Waals surface area contributed by atoms with Gasteiger partial charge in [0.15, 0.2) is 0 Å². The van der Waals surface area contributed by atoms with E-state index >= 15 is 0 Å². The zero-order valence-electron chi connectivity index (χ0n) is 16.2. The first kappa shape index (κ1) is 19.8. The molecule has 3 rings (SSSR count). The van der Waals surface area contributed by atoms with E-state index in [1.54, 1.807) is 48.5 Å². The largest absolute Gasteiger partial charge is 0.541 e. The topological polar surface area (TPSA) is 56.8 Å². The number of ether oxygens (including phenoxy) is 1. The second-order valence-corrected chi connectivity index (χ2v) is 7.96. The monoisotopic (exact) mass is 397 g/mol. The van der Waals surface area contributed by atoms with Crippen molar-refractivity contribution in [2.75, 3.05) is 11.7 Å². The molecule has 0 aliphatic carbocycles. The molecule has 1 N–H and O–H groups in total. The summed E-state index contributed by atoms with van der Waals surface area (Å²) in [5.41, 5.74) is 2.77. The first-order chi connectivity index (χ1) is 13.5. The van der Waals surface area contributed by atoms with E-state index in [-0.39, 0.29) is 0 Å². The fourth-order valence-electron chi connectivity index (χ4n) is 2.49. The zero-order valence-corrected chi connectivity index (χ0v) is 17.1. The molecule has 6 heteroatoms. The van der Waals surface area contributed by atoms with E-state index in [9.17, 15) is 4.57 Å². The Bertz CT molecular complexity index is 886. The molecule has 0 heterocycles. The van der Waals surface area contributed by atoms with Crippen molar-refractivity contribution in [3.8, 4) is 17.2 Å². The molecule has 0 amide bonds. The first-order valence-electron chi connectivity index (χ1n) is 9.09. The Hall–Kier alpha value is -2.91. The maximum absolute atomic E-state index is 13.5. The van der Waals surface area contributed by atoms with Crippen LogP contribution in [0.2, 0.25) is 0 Å². The maximum atomic E-state index is 13.5. The lowest BCUT2D eigenvalue weighted by atomic mass is 10.2. The van der Waals surface area contributed by atoms with Gasteiger partial charge < -0.3 is 13.8 Å².